The number of ether oxygens (including phenoxy) is 1. The molecule has 0 unspecified atom stereocenters. The summed E-state index contributed by atoms with van der Waals surface area (Å²) < 4.78 is 7.29. The van der Waals surface area contributed by atoms with Crippen LogP contribution < -0.4 is 10.5 Å². The standard InChI is InChI=1S/C14H19N3O/c1-14(2,15)13-8-16-10-17(13)9-11-5-4-6-12(7-11)18-3/h4-8,10H,9,15H2,1-3H3. The lowest BCUT2D eigenvalue weighted by Gasteiger charge is -2.20. The van der Waals surface area contributed by atoms with Crippen LogP contribution in [0.4, 0.5) is 0 Å². The van der Waals surface area contributed by atoms with E-state index >= 15 is 0 Å². The molecule has 4 nitrogen and oxygen atoms in total. The minimum absolute atomic E-state index is 0.393. The molecular formula is C14H19N3O. The van der Waals surface area contributed by atoms with Crippen molar-refractivity contribution in [3.63, 3.8) is 0 Å². The van der Waals surface area contributed by atoms with E-state index in [1.54, 1.807) is 7.11 Å². The first-order valence-corrected chi connectivity index (χ1v) is 5.93. The van der Waals surface area contributed by atoms with Crippen LogP contribution in [0.15, 0.2) is 36.8 Å². The molecule has 0 radical (unpaired) electrons. The average Bonchev–Trinajstić information content (AvgIpc) is 2.77. The van der Waals surface area contributed by atoms with Crippen molar-refractivity contribution in [2.24, 2.45) is 5.73 Å². The van der Waals surface area contributed by atoms with Gasteiger partial charge in [-0.1, -0.05) is 12.1 Å². The lowest BCUT2D eigenvalue weighted by molar-refractivity contribution is 0.414. The number of nitrogens with two attached hydrogens (primary N) is 1. The number of imidazole rings is 1. The predicted octanol–water partition coefficient (Wildman–Crippen LogP) is 2.13. The van der Waals surface area contributed by atoms with E-state index in [1.165, 1.54) is 0 Å². The molecule has 0 amide bonds. The Kier molecular flexibility index (Phi) is 3.39. The second-order valence-corrected chi connectivity index (χ2v) is 4.98. The van der Waals surface area contributed by atoms with Crippen molar-refractivity contribution in [3.05, 3.63) is 48.0 Å². The van der Waals surface area contributed by atoms with Crippen LogP contribution in [0.1, 0.15) is 25.1 Å². The molecule has 0 saturated heterocycles. The largest absolute Gasteiger partial charge is 0.497 e. The first-order valence-electron chi connectivity index (χ1n) is 5.93. The minimum Gasteiger partial charge on any atom is -0.497 e. The Balaban J connectivity index is 2.26. The van der Waals surface area contributed by atoms with E-state index in [0.29, 0.717) is 0 Å². The summed E-state index contributed by atoms with van der Waals surface area (Å²) in [7, 11) is 1.67. The fourth-order valence-electron chi connectivity index (χ4n) is 1.95. The van der Waals surface area contributed by atoms with Gasteiger partial charge in [-0.05, 0) is 31.5 Å². The van der Waals surface area contributed by atoms with Crippen molar-refractivity contribution in [1.29, 1.82) is 0 Å². The number of benzene rings is 1. The van der Waals surface area contributed by atoms with Gasteiger partial charge >= 0.3 is 0 Å². The summed E-state index contributed by atoms with van der Waals surface area (Å²) in [5.74, 6) is 0.862. The van der Waals surface area contributed by atoms with E-state index in [9.17, 15) is 0 Å². The minimum atomic E-state index is -0.393. The molecule has 0 fully saturated rings. The highest BCUT2D eigenvalue weighted by molar-refractivity contribution is 5.29. The zero-order valence-electron chi connectivity index (χ0n) is 11.1. The molecule has 2 rings (SSSR count). The lowest BCUT2D eigenvalue weighted by atomic mass is 10.0. The Morgan fingerprint density at radius 1 is 1.39 bits per heavy atom. The zero-order valence-corrected chi connectivity index (χ0v) is 11.1. The van der Waals surface area contributed by atoms with E-state index < -0.39 is 5.54 Å². The van der Waals surface area contributed by atoms with Gasteiger partial charge in [-0.3, -0.25) is 0 Å². The van der Waals surface area contributed by atoms with Crippen LogP contribution in [0.5, 0.6) is 5.75 Å². The molecule has 0 spiro atoms. The Labute approximate surface area is 107 Å². The summed E-state index contributed by atoms with van der Waals surface area (Å²) in [6.45, 7) is 4.70. The third-order valence-electron chi connectivity index (χ3n) is 2.86. The smallest absolute Gasteiger partial charge is 0.119 e. The Hall–Kier alpha value is -1.81. The van der Waals surface area contributed by atoms with Crippen molar-refractivity contribution >= 4 is 0 Å². The molecule has 96 valence electrons. The number of methoxy groups -OCH3 is 1. The van der Waals surface area contributed by atoms with Crippen LogP contribution in [0, 0.1) is 0 Å². The molecule has 0 bridgehead atoms. The van der Waals surface area contributed by atoms with Crippen molar-refractivity contribution in [1.82, 2.24) is 9.55 Å². The Bertz CT molecular complexity index is 526. The van der Waals surface area contributed by atoms with Gasteiger partial charge in [0.1, 0.15) is 5.75 Å². The third kappa shape index (κ3) is 2.71. The predicted molar refractivity (Wildman–Crippen MR) is 71.5 cm³/mol. The fraction of sp³-hybridized carbons (Fsp3) is 0.357. The second-order valence-electron chi connectivity index (χ2n) is 4.98. The summed E-state index contributed by atoms with van der Waals surface area (Å²) in [6.07, 6.45) is 3.63. The van der Waals surface area contributed by atoms with Crippen LogP contribution in [0.3, 0.4) is 0 Å². The zero-order chi connectivity index (χ0) is 13.2. The summed E-state index contributed by atoms with van der Waals surface area (Å²) >= 11 is 0. The first-order chi connectivity index (χ1) is 8.50. The molecule has 2 aromatic rings. The molecule has 2 N–H and O–H groups in total. The van der Waals surface area contributed by atoms with E-state index in [2.05, 4.69) is 15.6 Å². The summed E-state index contributed by atoms with van der Waals surface area (Å²) in [4.78, 5) is 4.18. The van der Waals surface area contributed by atoms with E-state index in [1.807, 2.05) is 44.6 Å². The van der Waals surface area contributed by atoms with Gasteiger partial charge < -0.3 is 15.0 Å². The van der Waals surface area contributed by atoms with Crippen LogP contribution >= 0.6 is 0 Å². The number of nitrogens with zero attached hydrogens (tertiary/aromatic N) is 2. The molecule has 1 aromatic carbocycles. The number of rotatable bonds is 4. The molecule has 0 atom stereocenters. The maximum Gasteiger partial charge on any atom is 0.119 e. The molecular weight excluding hydrogens is 226 g/mol. The molecule has 0 saturated carbocycles. The van der Waals surface area contributed by atoms with Crippen LogP contribution in [0.2, 0.25) is 0 Å². The molecule has 0 aliphatic rings. The molecule has 1 heterocycles. The maximum atomic E-state index is 6.13. The first kappa shape index (κ1) is 12.6. The normalized spacial score (nSPS) is 11.6. The maximum absolute atomic E-state index is 6.13. The van der Waals surface area contributed by atoms with Gasteiger partial charge in [-0.25, -0.2) is 4.98 Å². The highest BCUT2D eigenvalue weighted by Crippen LogP contribution is 2.19. The number of hydrogen-bond donors (Lipinski definition) is 1. The van der Waals surface area contributed by atoms with Crippen LogP contribution in [0.25, 0.3) is 0 Å². The highest BCUT2D eigenvalue weighted by Gasteiger charge is 2.18. The monoisotopic (exact) mass is 245 g/mol. The summed E-state index contributed by atoms with van der Waals surface area (Å²) in [5.41, 5.74) is 7.92. The van der Waals surface area contributed by atoms with E-state index in [0.717, 1.165) is 23.6 Å². The SMILES string of the molecule is COc1cccc(Cn2cncc2C(C)(C)N)c1. The van der Waals surface area contributed by atoms with E-state index in [4.69, 9.17) is 10.5 Å². The molecule has 0 aliphatic heterocycles. The second kappa shape index (κ2) is 4.82. The summed E-state index contributed by atoms with van der Waals surface area (Å²) in [5, 5.41) is 0. The Morgan fingerprint density at radius 2 is 2.17 bits per heavy atom. The van der Waals surface area contributed by atoms with Crippen molar-refractivity contribution in [2.75, 3.05) is 7.11 Å². The van der Waals surface area contributed by atoms with Crippen molar-refractivity contribution < 1.29 is 4.74 Å². The lowest BCUT2D eigenvalue weighted by Crippen LogP contribution is -2.31. The highest BCUT2D eigenvalue weighted by atomic mass is 16.5. The molecule has 18 heavy (non-hydrogen) atoms. The van der Waals surface area contributed by atoms with Crippen LogP contribution in [-0.2, 0) is 12.1 Å². The number of aromatic nitrogens is 2. The van der Waals surface area contributed by atoms with Crippen molar-refractivity contribution in [2.45, 2.75) is 25.9 Å². The van der Waals surface area contributed by atoms with Gasteiger partial charge in [-0.15, -0.1) is 0 Å². The van der Waals surface area contributed by atoms with Gasteiger partial charge in [0.15, 0.2) is 0 Å². The number of hydrogen-bond acceptors (Lipinski definition) is 3. The van der Waals surface area contributed by atoms with Gasteiger partial charge in [0, 0.05) is 12.7 Å². The van der Waals surface area contributed by atoms with Gasteiger partial charge in [0.25, 0.3) is 0 Å². The van der Waals surface area contributed by atoms with Gasteiger partial charge in [0.2, 0.25) is 0 Å². The average molecular weight is 245 g/mol. The molecule has 1 aromatic heterocycles. The van der Waals surface area contributed by atoms with Gasteiger partial charge in [-0.2, -0.15) is 0 Å². The summed E-state index contributed by atoms with van der Waals surface area (Å²) in [6, 6.07) is 8.01. The fourth-order valence-corrected chi connectivity index (χ4v) is 1.95. The Morgan fingerprint density at radius 3 is 2.83 bits per heavy atom. The topological polar surface area (TPSA) is 53.1 Å². The van der Waals surface area contributed by atoms with Crippen molar-refractivity contribution in [3.8, 4) is 5.75 Å². The third-order valence-corrected chi connectivity index (χ3v) is 2.86. The van der Waals surface area contributed by atoms with E-state index in [-0.39, 0.29) is 0 Å². The van der Waals surface area contributed by atoms with Gasteiger partial charge in [0.05, 0.1) is 24.7 Å². The van der Waals surface area contributed by atoms with Crippen LogP contribution in [-0.4, -0.2) is 16.7 Å². The molecule has 0 aliphatic carbocycles. The molecule has 4 heteroatoms. The quantitative estimate of drug-likeness (QED) is 0.897.